The summed E-state index contributed by atoms with van der Waals surface area (Å²) in [5, 5.41) is 11.4. The number of rotatable bonds is 8. The van der Waals surface area contributed by atoms with Gasteiger partial charge in [-0.3, -0.25) is 24.1 Å². The van der Waals surface area contributed by atoms with Crippen molar-refractivity contribution < 1.29 is 33.8 Å². The maximum Gasteiger partial charge on any atom is 0.327 e. The van der Waals surface area contributed by atoms with Crippen molar-refractivity contribution >= 4 is 30.1 Å². The molecule has 4 amide bonds. The maximum absolute atomic E-state index is 12.9. The number of hydrogen-bond acceptors (Lipinski definition) is 7. The SMILES string of the molecule is CC(C)[C@H](N)C(=O)N[C@@H](C)C(=O)N(C(=O)N1CCOCC1)[C@H]([C]=O)CC(=O)O. The van der Waals surface area contributed by atoms with Crippen LogP contribution < -0.4 is 11.1 Å². The van der Waals surface area contributed by atoms with Gasteiger partial charge in [0.05, 0.1) is 25.7 Å². The Kier molecular flexibility index (Phi) is 9.00. The Hall–Kier alpha value is -2.53. The van der Waals surface area contributed by atoms with Gasteiger partial charge in [-0.15, -0.1) is 0 Å². The number of carboxylic acids is 1. The fourth-order valence-electron chi connectivity index (χ4n) is 2.52. The van der Waals surface area contributed by atoms with Crippen LogP contribution >= 0.6 is 0 Å². The van der Waals surface area contributed by atoms with Crippen LogP contribution in [0.25, 0.3) is 0 Å². The minimum Gasteiger partial charge on any atom is -0.481 e. The van der Waals surface area contributed by atoms with E-state index in [0.717, 1.165) is 0 Å². The van der Waals surface area contributed by atoms with Gasteiger partial charge in [-0.25, -0.2) is 4.79 Å². The number of nitrogens with one attached hydrogen (secondary N) is 1. The zero-order chi connectivity index (χ0) is 21.4. The summed E-state index contributed by atoms with van der Waals surface area (Å²) >= 11 is 0. The maximum atomic E-state index is 12.9. The molecule has 1 rings (SSSR count). The van der Waals surface area contributed by atoms with E-state index in [1.165, 1.54) is 18.1 Å². The second-order valence-electron chi connectivity index (χ2n) is 6.82. The summed E-state index contributed by atoms with van der Waals surface area (Å²) < 4.78 is 5.15. The van der Waals surface area contributed by atoms with Crippen LogP contribution in [0.15, 0.2) is 0 Å². The predicted octanol–water partition coefficient (Wildman–Crippen LogP) is -1.29. The Morgan fingerprint density at radius 1 is 1.21 bits per heavy atom. The highest BCUT2D eigenvalue weighted by atomic mass is 16.5. The Morgan fingerprint density at radius 3 is 2.25 bits per heavy atom. The van der Waals surface area contributed by atoms with E-state index in [1.807, 2.05) is 0 Å². The summed E-state index contributed by atoms with van der Waals surface area (Å²) in [4.78, 5) is 62.0. The van der Waals surface area contributed by atoms with Gasteiger partial charge in [-0.05, 0) is 12.8 Å². The fraction of sp³-hybridized carbons (Fsp3) is 0.706. The van der Waals surface area contributed by atoms with E-state index in [0.29, 0.717) is 4.90 Å². The van der Waals surface area contributed by atoms with Gasteiger partial charge >= 0.3 is 12.0 Å². The van der Waals surface area contributed by atoms with Gasteiger partial charge in [-0.1, -0.05) is 13.8 Å². The second-order valence-corrected chi connectivity index (χ2v) is 6.82. The monoisotopic (exact) mass is 399 g/mol. The number of urea groups is 1. The molecule has 1 aliphatic heterocycles. The van der Waals surface area contributed by atoms with Gasteiger partial charge in [0, 0.05) is 13.1 Å². The summed E-state index contributed by atoms with van der Waals surface area (Å²) in [6.07, 6.45) is 0.648. The van der Waals surface area contributed by atoms with Crippen LogP contribution in [-0.2, 0) is 23.9 Å². The highest BCUT2D eigenvalue weighted by Gasteiger charge is 2.38. The first-order valence-electron chi connectivity index (χ1n) is 8.95. The minimum atomic E-state index is -1.63. The van der Waals surface area contributed by atoms with Crippen LogP contribution in [0.2, 0.25) is 0 Å². The van der Waals surface area contributed by atoms with E-state index in [4.69, 9.17) is 15.6 Å². The third-order valence-electron chi connectivity index (χ3n) is 4.29. The number of morpholine rings is 1. The average Bonchev–Trinajstić information content (AvgIpc) is 2.66. The molecule has 0 spiro atoms. The molecule has 0 aliphatic carbocycles. The molecule has 11 heteroatoms. The number of imide groups is 1. The molecular weight excluding hydrogens is 372 g/mol. The van der Waals surface area contributed by atoms with Gasteiger partial charge in [-0.2, -0.15) is 0 Å². The van der Waals surface area contributed by atoms with Crippen LogP contribution in [0.5, 0.6) is 0 Å². The summed E-state index contributed by atoms with van der Waals surface area (Å²) in [6.45, 7) is 5.65. The molecule has 157 valence electrons. The molecule has 1 heterocycles. The second kappa shape index (κ2) is 10.7. The van der Waals surface area contributed by atoms with Crippen molar-refractivity contribution in [1.82, 2.24) is 15.1 Å². The molecule has 0 unspecified atom stereocenters. The van der Waals surface area contributed by atoms with Crippen LogP contribution in [0.1, 0.15) is 27.2 Å². The standard InChI is InChI=1S/C17H27N4O7/c1-10(2)14(18)15(25)19-11(3)16(26)21(12(9-22)8-13(23)24)17(27)20-4-6-28-7-5-20/h10-12,14H,4-8,18H2,1-3H3,(H,19,25)(H,23,24)/t11-,12-,14-/m0/s1. The predicted molar refractivity (Wildman–Crippen MR) is 96.8 cm³/mol. The number of carbonyl (C=O) groups excluding carboxylic acids is 4. The van der Waals surface area contributed by atoms with E-state index in [2.05, 4.69) is 5.32 Å². The number of aliphatic carboxylic acids is 1. The van der Waals surface area contributed by atoms with Crippen molar-refractivity contribution in [3.8, 4) is 0 Å². The smallest absolute Gasteiger partial charge is 0.327 e. The molecule has 11 nitrogen and oxygen atoms in total. The molecule has 4 N–H and O–H groups in total. The van der Waals surface area contributed by atoms with Crippen molar-refractivity contribution in [1.29, 1.82) is 0 Å². The Bertz CT molecular complexity index is 604. The lowest BCUT2D eigenvalue weighted by Crippen LogP contribution is -2.60. The highest BCUT2D eigenvalue weighted by molar-refractivity contribution is 6.01. The first-order chi connectivity index (χ1) is 13.1. The normalized spacial score (nSPS) is 17.4. The van der Waals surface area contributed by atoms with E-state index >= 15 is 0 Å². The topological polar surface area (TPSA) is 159 Å². The zero-order valence-electron chi connectivity index (χ0n) is 16.2. The quantitative estimate of drug-likeness (QED) is 0.454. The molecule has 0 aromatic heterocycles. The molecular formula is C17H27N4O7. The lowest BCUT2D eigenvalue weighted by atomic mass is 10.0. The molecule has 1 radical (unpaired) electrons. The van der Waals surface area contributed by atoms with Crippen LogP contribution in [0.3, 0.4) is 0 Å². The molecule has 3 atom stereocenters. The first kappa shape index (κ1) is 23.5. The third-order valence-corrected chi connectivity index (χ3v) is 4.29. The zero-order valence-corrected chi connectivity index (χ0v) is 16.2. The third kappa shape index (κ3) is 6.27. The molecule has 28 heavy (non-hydrogen) atoms. The van der Waals surface area contributed by atoms with Crippen molar-refractivity contribution in [3.63, 3.8) is 0 Å². The average molecular weight is 399 g/mol. The van der Waals surface area contributed by atoms with E-state index < -0.39 is 48.4 Å². The largest absolute Gasteiger partial charge is 0.481 e. The summed E-state index contributed by atoms with van der Waals surface area (Å²) in [5.74, 6) is -3.08. The van der Waals surface area contributed by atoms with E-state index in [-0.39, 0.29) is 32.2 Å². The molecule has 0 aromatic rings. The van der Waals surface area contributed by atoms with Crippen molar-refractivity contribution in [2.45, 2.75) is 45.3 Å². The van der Waals surface area contributed by atoms with E-state index in [9.17, 15) is 24.0 Å². The minimum absolute atomic E-state index is 0.181. The molecule has 0 aromatic carbocycles. The molecule has 0 saturated carbocycles. The lowest BCUT2D eigenvalue weighted by molar-refractivity contribution is -0.140. The Balaban J connectivity index is 3.05. The van der Waals surface area contributed by atoms with Gasteiger partial charge < -0.3 is 25.8 Å². The summed E-state index contributed by atoms with van der Waals surface area (Å²) in [5.41, 5.74) is 5.75. The number of hydrogen-bond donors (Lipinski definition) is 3. The van der Waals surface area contributed by atoms with Crippen LogP contribution in [-0.4, -0.2) is 89.4 Å². The van der Waals surface area contributed by atoms with Gasteiger partial charge in [0.2, 0.25) is 12.2 Å². The Labute approximate surface area is 163 Å². The van der Waals surface area contributed by atoms with Crippen molar-refractivity contribution in [2.24, 2.45) is 11.7 Å². The number of nitrogens with zero attached hydrogens (tertiary/aromatic N) is 2. The molecule has 1 aliphatic rings. The van der Waals surface area contributed by atoms with Crippen LogP contribution in [0.4, 0.5) is 4.79 Å². The number of carbonyl (C=O) groups is 4. The number of ether oxygens (including phenoxy) is 1. The molecule has 0 bridgehead atoms. The number of carboxylic acid groups (broad SMARTS) is 1. The number of nitrogens with two attached hydrogens (primary N) is 1. The lowest BCUT2D eigenvalue weighted by Gasteiger charge is -2.35. The van der Waals surface area contributed by atoms with Gasteiger partial charge in [0.25, 0.3) is 5.91 Å². The first-order valence-corrected chi connectivity index (χ1v) is 8.95. The summed E-state index contributed by atoms with van der Waals surface area (Å²) in [7, 11) is 0. The van der Waals surface area contributed by atoms with Crippen LogP contribution in [0, 0.1) is 5.92 Å². The van der Waals surface area contributed by atoms with Gasteiger partial charge in [0.1, 0.15) is 12.1 Å². The fourth-order valence-corrected chi connectivity index (χ4v) is 2.52. The number of amides is 4. The molecule has 1 saturated heterocycles. The molecule has 1 fully saturated rings. The van der Waals surface area contributed by atoms with Crippen molar-refractivity contribution in [3.05, 3.63) is 0 Å². The van der Waals surface area contributed by atoms with E-state index in [1.54, 1.807) is 13.8 Å². The summed E-state index contributed by atoms with van der Waals surface area (Å²) in [6, 6.07) is -4.53. The Morgan fingerprint density at radius 2 is 1.79 bits per heavy atom. The highest BCUT2D eigenvalue weighted by Crippen LogP contribution is 2.12. The van der Waals surface area contributed by atoms with Gasteiger partial charge in [0.15, 0.2) is 0 Å². The van der Waals surface area contributed by atoms with Crippen molar-refractivity contribution in [2.75, 3.05) is 26.3 Å².